The van der Waals surface area contributed by atoms with Gasteiger partial charge in [-0.05, 0) is 25.0 Å². The average Bonchev–Trinajstić information content (AvgIpc) is 2.27. The lowest BCUT2D eigenvalue weighted by atomic mass is 9.95. The van der Waals surface area contributed by atoms with Gasteiger partial charge < -0.3 is 10.6 Å². The van der Waals surface area contributed by atoms with E-state index >= 15 is 0 Å². The molecule has 0 aromatic carbocycles. The largest absolute Gasteiger partial charge is 0.335 e. The summed E-state index contributed by atoms with van der Waals surface area (Å²) in [5.74, 6) is 1.17. The minimum Gasteiger partial charge on any atom is -0.335 e. The van der Waals surface area contributed by atoms with E-state index in [4.69, 9.17) is 0 Å². The molecule has 16 heavy (non-hydrogen) atoms. The molecule has 0 unspecified atom stereocenters. The lowest BCUT2D eigenvalue weighted by Crippen LogP contribution is -2.44. The van der Waals surface area contributed by atoms with Crippen molar-refractivity contribution in [3.63, 3.8) is 0 Å². The normalized spacial score (nSPS) is 24.8. The van der Waals surface area contributed by atoms with Gasteiger partial charge in [0.2, 0.25) is 0 Å². The Bertz CT molecular complexity index is 231. The maximum atomic E-state index is 11.5. The first-order valence-corrected chi connectivity index (χ1v) is 7.08. The van der Waals surface area contributed by atoms with E-state index in [0.717, 1.165) is 18.1 Å². The summed E-state index contributed by atoms with van der Waals surface area (Å²) in [6, 6.07) is 0.287. The predicted molar refractivity (Wildman–Crippen MR) is 70.9 cm³/mol. The molecular formula is C12H22N2OS. The molecule has 0 aromatic heterocycles. The fraction of sp³-hybridized carbons (Fsp3) is 0.750. The van der Waals surface area contributed by atoms with Gasteiger partial charge in [-0.1, -0.05) is 19.4 Å². The molecule has 4 heteroatoms. The molecule has 92 valence electrons. The third-order valence-corrected chi connectivity index (χ3v) is 4.00. The molecule has 0 aromatic rings. The Morgan fingerprint density at radius 1 is 1.56 bits per heavy atom. The van der Waals surface area contributed by atoms with Crippen molar-refractivity contribution < 1.29 is 4.79 Å². The summed E-state index contributed by atoms with van der Waals surface area (Å²) < 4.78 is 0. The number of carbonyl (C=O) groups is 1. The molecule has 1 aliphatic rings. The zero-order valence-electron chi connectivity index (χ0n) is 10.00. The minimum atomic E-state index is -0.0629. The average molecular weight is 242 g/mol. The van der Waals surface area contributed by atoms with Crippen LogP contribution in [0.4, 0.5) is 4.79 Å². The molecule has 2 amide bonds. The van der Waals surface area contributed by atoms with Crippen molar-refractivity contribution in [3.05, 3.63) is 12.7 Å². The lowest BCUT2D eigenvalue weighted by molar-refractivity contribution is 0.234. The van der Waals surface area contributed by atoms with Crippen molar-refractivity contribution >= 4 is 17.8 Å². The molecule has 0 heterocycles. The molecule has 2 atom stereocenters. The van der Waals surface area contributed by atoms with Gasteiger partial charge in [0, 0.05) is 17.8 Å². The molecule has 0 radical (unpaired) electrons. The van der Waals surface area contributed by atoms with Crippen molar-refractivity contribution in [1.29, 1.82) is 0 Å². The van der Waals surface area contributed by atoms with Crippen LogP contribution in [0, 0.1) is 0 Å². The molecule has 0 saturated heterocycles. The zero-order chi connectivity index (χ0) is 11.8. The maximum Gasteiger partial charge on any atom is 0.315 e. The highest BCUT2D eigenvalue weighted by molar-refractivity contribution is 7.99. The second-order valence-corrected chi connectivity index (χ2v) is 5.66. The van der Waals surface area contributed by atoms with E-state index in [1.807, 2.05) is 11.8 Å². The Balaban J connectivity index is 2.25. The van der Waals surface area contributed by atoms with Crippen LogP contribution < -0.4 is 10.6 Å². The van der Waals surface area contributed by atoms with Crippen LogP contribution in [0.1, 0.15) is 32.6 Å². The van der Waals surface area contributed by atoms with Gasteiger partial charge in [0.1, 0.15) is 0 Å². The van der Waals surface area contributed by atoms with Gasteiger partial charge in [0.25, 0.3) is 0 Å². The predicted octanol–water partition coefficient (Wildman–Crippen LogP) is 2.54. The van der Waals surface area contributed by atoms with Gasteiger partial charge in [-0.3, -0.25) is 0 Å². The van der Waals surface area contributed by atoms with Gasteiger partial charge in [-0.15, -0.1) is 6.58 Å². The first kappa shape index (κ1) is 13.4. The van der Waals surface area contributed by atoms with Crippen LogP contribution in [0.3, 0.4) is 0 Å². The highest BCUT2D eigenvalue weighted by atomic mass is 32.2. The maximum absolute atomic E-state index is 11.5. The third-order valence-electron chi connectivity index (χ3n) is 2.77. The molecule has 2 N–H and O–H groups in total. The van der Waals surface area contributed by atoms with E-state index in [1.54, 1.807) is 6.08 Å². The highest BCUT2D eigenvalue weighted by Crippen LogP contribution is 2.28. The van der Waals surface area contributed by atoms with Crippen molar-refractivity contribution in [3.8, 4) is 0 Å². The topological polar surface area (TPSA) is 41.1 Å². The molecule has 1 aliphatic carbocycles. The number of nitrogens with one attached hydrogen (secondary N) is 2. The van der Waals surface area contributed by atoms with Crippen LogP contribution >= 0.6 is 11.8 Å². The van der Waals surface area contributed by atoms with Crippen LogP contribution in [-0.2, 0) is 0 Å². The van der Waals surface area contributed by atoms with Crippen molar-refractivity contribution in [2.45, 2.75) is 43.9 Å². The van der Waals surface area contributed by atoms with Gasteiger partial charge in [0.05, 0.1) is 0 Å². The highest BCUT2D eigenvalue weighted by Gasteiger charge is 2.22. The smallest absolute Gasteiger partial charge is 0.315 e. The Kier molecular flexibility index (Phi) is 6.38. The van der Waals surface area contributed by atoms with E-state index in [9.17, 15) is 4.79 Å². The molecule has 1 rings (SSSR count). The Morgan fingerprint density at radius 3 is 3.06 bits per heavy atom. The first-order valence-electron chi connectivity index (χ1n) is 6.03. The fourth-order valence-electron chi connectivity index (χ4n) is 2.06. The number of hydrogen-bond donors (Lipinski definition) is 2. The van der Waals surface area contributed by atoms with Gasteiger partial charge in [0.15, 0.2) is 0 Å². The zero-order valence-corrected chi connectivity index (χ0v) is 10.8. The molecular weight excluding hydrogens is 220 g/mol. The number of urea groups is 1. The van der Waals surface area contributed by atoms with Crippen LogP contribution in [0.15, 0.2) is 12.7 Å². The monoisotopic (exact) mass is 242 g/mol. The SMILES string of the molecule is C=CCNC(=O)N[C@@H]1CCC[C@@H](SCC)C1. The van der Waals surface area contributed by atoms with Crippen molar-refractivity contribution in [2.24, 2.45) is 0 Å². The molecule has 3 nitrogen and oxygen atoms in total. The summed E-state index contributed by atoms with van der Waals surface area (Å²) in [6.45, 7) is 6.30. The Morgan fingerprint density at radius 2 is 2.38 bits per heavy atom. The Hall–Kier alpha value is -0.640. The van der Waals surface area contributed by atoms with E-state index in [2.05, 4.69) is 24.1 Å². The molecule has 0 spiro atoms. The number of rotatable bonds is 5. The van der Waals surface area contributed by atoms with Gasteiger partial charge >= 0.3 is 6.03 Å². The number of carbonyl (C=O) groups excluding carboxylic acids is 1. The summed E-state index contributed by atoms with van der Waals surface area (Å²) in [6.07, 6.45) is 6.44. The molecule has 1 fully saturated rings. The van der Waals surface area contributed by atoms with E-state index in [-0.39, 0.29) is 6.03 Å². The van der Waals surface area contributed by atoms with E-state index < -0.39 is 0 Å². The van der Waals surface area contributed by atoms with Crippen LogP contribution in [0.25, 0.3) is 0 Å². The summed E-state index contributed by atoms with van der Waals surface area (Å²) in [4.78, 5) is 11.5. The summed E-state index contributed by atoms with van der Waals surface area (Å²) in [5.41, 5.74) is 0. The first-order chi connectivity index (χ1) is 7.76. The van der Waals surface area contributed by atoms with Gasteiger partial charge in [-0.2, -0.15) is 11.8 Å². The van der Waals surface area contributed by atoms with E-state index in [1.165, 1.54) is 18.6 Å². The summed E-state index contributed by atoms with van der Waals surface area (Å²) >= 11 is 2.01. The minimum absolute atomic E-state index is 0.0629. The third kappa shape index (κ3) is 4.92. The second-order valence-electron chi connectivity index (χ2n) is 4.08. The molecule has 0 aliphatic heterocycles. The van der Waals surface area contributed by atoms with Gasteiger partial charge in [-0.25, -0.2) is 4.79 Å². The molecule has 0 bridgehead atoms. The standard InChI is InChI=1S/C12H22N2OS/c1-3-8-13-12(15)14-10-6-5-7-11(9-10)16-4-2/h3,10-11H,1,4-9H2,2H3,(H2,13,14,15)/t10-,11-/m1/s1. The molecule has 1 saturated carbocycles. The summed E-state index contributed by atoms with van der Waals surface area (Å²) in [7, 11) is 0. The second kappa shape index (κ2) is 7.60. The Labute approximate surface area is 102 Å². The van der Waals surface area contributed by atoms with Crippen LogP contribution in [0.2, 0.25) is 0 Å². The van der Waals surface area contributed by atoms with Crippen molar-refractivity contribution in [1.82, 2.24) is 10.6 Å². The van der Waals surface area contributed by atoms with E-state index in [0.29, 0.717) is 12.6 Å². The van der Waals surface area contributed by atoms with Crippen molar-refractivity contribution in [2.75, 3.05) is 12.3 Å². The lowest BCUT2D eigenvalue weighted by Gasteiger charge is -2.29. The number of amides is 2. The fourth-order valence-corrected chi connectivity index (χ4v) is 3.24. The summed E-state index contributed by atoms with van der Waals surface area (Å²) in [5, 5.41) is 6.51. The van der Waals surface area contributed by atoms with Crippen LogP contribution in [-0.4, -0.2) is 29.6 Å². The number of hydrogen-bond acceptors (Lipinski definition) is 2. The number of thioether (sulfide) groups is 1. The quantitative estimate of drug-likeness (QED) is 0.727. The van der Waals surface area contributed by atoms with Crippen LogP contribution in [0.5, 0.6) is 0 Å².